The number of nitrogens with zero attached hydrogens (tertiary/aromatic N) is 2. The molecule has 0 amide bonds. The summed E-state index contributed by atoms with van der Waals surface area (Å²) >= 11 is 6.41. The molecular formula is C16H21N3O2S3. The molecule has 130 valence electrons. The van der Waals surface area contributed by atoms with Crippen LogP contribution in [0.4, 0.5) is 10.8 Å². The average Bonchev–Trinajstić information content (AvgIpc) is 2.49. The molecule has 0 aliphatic carbocycles. The molecule has 24 heavy (non-hydrogen) atoms. The maximum Gasteiger partial charge on any atom is 0.262 e. The van der Waals surface area contributed by atoms with E-state index in [1.807, 2.05) is 32.8 Å². The minimum Gasteiger partial charge on any atom is -0.362 e. The smallest absolute Gasteiger partial charge is 0.262 e. The zero-order valence-corrected chi connectivity index (χ0v) is 16.6. The number of rotatable bonds is 6. The van der Waals surface area contributed by atoms with Crippen LogP contribution in [0.25, 0.3) is 0 Å². The summed E-state index contributed by atoms with van der Waals surface area (Å²) < 4.78 is 28.5. The third kappa shape index (κ3) is 4.31. The van der Waals surface area contributed by atoms with Gasteiger partial charge in [-0.05, 0) is 37.7 Å². The molecule has 0 aliphatic heterocycles. The molecule has 1 heterocycles. The molecule has 5 nitrogen and oxygen atoms in total. The van der Waals surface area contributed by atoms with E-state index in [0.29, 0.717) is 14.8 Å². The van der Waals surface area contributed by atoms with Gasteiger partial charge in [-0.25, -0.2) is 13.4 Å². The quantitative estimate of drug-likeness (QED) is 0.764. The highest BCUT2D eigenvalue weighted by molar-refractivity contribution is 7.93. The Morgan fingerprint density at radius 1 is 1.25 bits per heavy atom. The molecule has 0 aliphatic rings. The molecular weight excluding hydrogens is 362 g/mol. The lowest BCUT2D eigenvalue weighted by Gasteiger charge is -2.19. The lowest BCUT2D eigenvalue weighted by Crippen LogP contribution is -2.17. The van der Waals surface area contributed by atoms with Gasteiger partial charge in [0.1, 0.15) is 10.8 Å². The number of hydrogen-bond acceptors (Lipinski definition) is 6. The van der Waals surface area contributed by atoms with Crippen molar-refractivity contribution in [2.75, 3.05) is 23.7 Å². The van der Waals surface area contributed by atoms with Crippen molar-refractivity contribution in [3.8, 4) is 0 Å². The van der Waals surface area contributed by atoms with Crippen molar-refractivity contribution in [1.29, 1.82) is 0 Å². The normalized spacial score (nSPS) is 11.3. The van der Waals surface area contributed by atoms with Gasteiger partial charge in [0.15, 0.2) is 3.95 Å². The van der Waals surface area contributed by atoms with Gasteiger partial charge in [-0.3, -0.25) is 4.72 Å². The molecule has 0 fully saturated rings. The second-order valence-electron chi connectivity index (χ2n) is 5.67. The van der Waals surface area contributed by atoms with E-state index in [1.165, 1.54) is 11.3 Å². The second-order valence-corrected chi connectivity index (χ2v) is 9.00. The van der Waals surface area contributed by atoms with Crippen LogP contribution in [0.1, 0.15) is 24.5 Å². The first-order chi connectivity index (χ1) is 11.2. The van der Waals surface area contributed by atoms with Crippen LogP contribution >= 0.6 is 23.6 Å². The Morgan fingerprint density at radius 2 is 1.88 bits per heavy atom. The molecule has 0 atom stereocenters. The molecule has 0 saturated carbocycles. The van der Waals surface area contributed by atoms with Gasteiger partial charge in [0.25, 0.3) is 10.0 Å². The minimum atomic E-state index is -3.66. The van der Waals surface area contributed by atoms with E-state index in [1.54, 1.807) is 24.3 Å². The van der Waals surface area contributed by atoms with Gasteiger partial charge < -0.3 is 4.90 Å². The predicted molar refractivity (Wildman–Crippen MR) is 103 cm³/mol. The van der Waals surface area contributed by atoms with E-state index in [0.717, 1.165) is 24.0 Å². The Morgan fingerprint density at radius 3 is 2.42 bits per heavy atom. The third-order valence-electron chi connectivity index (χ3n) is 3.41. The number of hydrogen-bond donors (Lipinski definition) is 1. The molecule has 2 rings (SSSR count). The fraction of sp³-hybridized carbons (Fsp3) is 0.375. The maximum atomic E-state index is 12.7. The minimum absolute atomic E-state index is 0.233. The van der Waals surface area contributed by atoms with Crippen LogP contribution in [0.15, 0.2) is 29.2 Å². The van der Waals surface area contributed by atoms with E-state index >= 15 is 0 Å². The summed E-state index contributed by atoms with van der Waals surface area (Å²) in [5.41, 5.74) is 1.88. The number of nitrogens with one attached hydrogen (secondary N) is 1. The Balaban J connectivity index is 2.51. The number of benzene rings is 1. The van der Waals surface area contributed by atoms with Crippen molar-refractivity contribution in [1.82, 2.24) is 4.98 Å². The van der Waals surface area contributed by atoms with Gasteiger partial charge in [-0.2, -0.15) is 0 Å². The molecule has 0 spiro atoms. The highest BCUT2D eigenvalue weighted by atomic mass is 32.2. The van der Waals surface area contributed by atoms with Gasteiger partial charge in [-0.1, -0.05) is 42.4 Å². The van der Waals surface area contributed by atoms with E-state index < -0.39 is 10.0 Å². The Bertz CT molecular complexity index is 872. The lowest BCUT2D eigenvalue weighted by molar-refractivity contribution is 0.601. The molecule has 0 bridgehead atoms. The molecule has 1 N–H and O–H groups in total. The Kier molecular flexibility index (Phi) is 5.95. The van der Waals surface area contributed by atoms with E-state index in [9.17, 15) is 8.42 Å². The van der Waals surface area contributed by atoms with Gasteiger partial charge in [0.05, 0.1) is 4.90 Å². The average molecular weight is 384 g/mol. The first-order valence-electron chi connectivity index (χ1n) is 7.55. The van der Waals surface area contributed by atoms with Crippen LogP contribution in [0, 0.1) is 10.9 Å². The molecule has 2 aromatic rings. The zero-order valence-electron chi connectivity index (χ0n) is 14.2. The number of aromatic nitrogens is 1. The van der Waals surface area contributed by atoms with Crippen molar-refractivity contribution >= 4 is 44.4 Å². The summed E-state index contributed by atoms with van der Waals surface area (Å²) in [5, 5.41) is 0.543. The van der Waals surface area contributed by atoms with Gasteiger partial charge in [0, 0.05) is 19.7 Å². The Hall–Kier alpha value is -1.51. The van der Waals surface area contributed by atoms with Crippen LogP contribution in [-0.4, -0.2) is 27.5 Å². The van der Waals surface area contributed by atoms with Crippen molar-refractivity contribution in [2.45, 2.75) is 31.6 Å². The van der Waals surface area contributed by atoms with Crippen molar-refractivity contribution < 1.29 is 8.42 Å². The highest BCUT2D eigenvalue weighted by Crippen LogP contribution is 2.32. The summed E-state index contributed by atoms with van der Waals surface area (Å²) in [6, 6.07) is 6.76. The van der Waals surface area contributed by atoms with Crippen molar-refractivity contribution in [3.05, 3.63) is 39.3 Å². The third-order valence-corrected chi connectivity index (χ3v) is 6.07. The van der Waals surface area contributed by atoms with E-state index in [-0.39, 0.29) is 4.90 Å². The molecule has 0 saturated heterocycles. The summed E-state index contributed by atoms with van der Waals surface area (Å²) in [4.78, 5) is 6.48. The van der Waals surface area contributed by atoms with Gasteiger partial charge >= 0.3 is 0 Å². The van der Waals surface area contributed by atoms with E-state index in [4.69, 9.17) is 12.2 Å². The molecule has 0 unspecified atom stereocenters. The Labute approximate surface area is 152 Å². The lowest BCUT2D eigenvalue weighted by atomic mass is 10.2. The molecule has 1 aromatic carbocycles. The fourth-order valence-electron chi connectivity index (χ4n) is 2.25. The number of aryl methyl sites for hydroxylation is 1. The first-order valence-corrected chi connectivity index (χ1v) is 10.3. The number of sulfonamides is 1. The first kappa shape index (κ1) is 18.8. The second kappa shape index (κ2) is 7.58. The van der Waals surface area contributed by atoms with Crippen LogP contribution < -0.4 is 9.62 Å². The molecule has 1 aromatic heterocycles. The topological polar surface area (TPSA) is 62.3 Å². The van der Waals surface area contributed by atoms with Crippen molar-refractivity contribution in [2.24, 2.45) is 0 Å². The van der Waals surface area contributed by atoms with Gasteiger partial charge in [-0.15, -0.1) is 0 Å². The van der Waals surface area contributed by atoms with E-state index in [2.05, 4.69) is 9.71 Å². The van der Waals surface area contributed by atoms with Gasteiger partial charge in [0.2, 0.25) is 0 Å². The maximum absolute atomic E-state index is 12.7. The predicted octanol–water partition coefficient (Wildman–Crippen LogP) is 4.00. The molecule has 8 heteroatoms. The summed E-state index contributed by atoms with van der Waals surface area (Å²) in [6.45, 7) is 3.96. The van der Waals surface area contributed by atoms with Crippen LogP contribution in [0.5, 0.6) is 0 Å². The molecule has 0 radical (unpaired) electrons. The number of anilines is 2. The fourth-order valence-corrected chi connectivity index (χ4v) is 4.69. The summed E-state index contributed by atoms with van der Waals surface area (Å²) in [5.74, 6) is 0.710. The monoisotopic (exact) mass is 383 g/mol. The summed E-state index contributed by atoms with van der Waals surface area (Å²) in [7, 11) is 0.0861. The SMILES string of the molecule is CCCc1c(N(C)C)nc(=S)sc1NS(=O)(=O)c1ccc(C)cc1. The van der Waals surface area contributed by atoms with Crippen LogP contribution in [0.3, 0.4) is 0 Å². The summed E-state index contributed by atoms with van der Waals surface area (Å²) in [6.07, 6.45) is 1.60. The highest BCUT2D eigenvalue weighted by Gasteiger charge is 2.19. The van der Waals surface area contributed by atoms with Crippen molar-refractivity contribution in [3.63, 3.8) is 0 Å². The van der Waals surface area contributed by atoms with Crippen LogP contribution in [0.2, 0.25) is 0 Å². The standard InChI is InChI=1S/C16H21N3O2S3/c1-5-6-13-14(19(3)4)17-16(22)23-15(13)18-24(20,21)12-9-7-11(2)8-10-12/h7-10,18H,5-6H2,1-4H3. The van der Waals surface area contributed by atoms with Crippen LogP contribution in [-0.2, 0) is 16.4 Å². The largest absolute Gasteiger partial charge is 0.362 e. The zero-order chi connectivity index (χ0) is 17.9.